The molecular weight excluding hydrogens is 306 g/mol. The van der Waals surface area contributed by atoms with Crippen molar-refractivity contribution in [2.24, 2.45) is 11.7 Å². The molecule has 24 heavy (non-hydrogen) atoms. The Morgan fingerprint density at radius 2 is 2.12 bits per heavy atom. The largest absolute Gasteiger partial charge is 0.369 e. The van der Waals surface area contributed by atoms with Crippen LogP contribution in [0, 0.1) is 5.92 Å². The van der Waals surface area contributed by atoms with E-state index < -0.39 is 0 Å². The second-order valence-corrected chi connectivity index (χ2v) is 6.92. The minimum Gasteiger partial charge on any atom is -0.369 e. The average molecular weight is 333 g/mol. The number of nitrogens with two attached hydrogens (primary N) is 1. The summed E-state index contributed by atoms with van der Waals surface area (Å²) in [6, 6.07) is 0. The first-order valence-corrected chi connectivity index (χ1v) is 8.97. The molecule has 1 atom stereocenters. The van der Waals surface area contributed by atoms with Crippen LogP contribution in [0.3, 0.4) is 0 Å². The number of likely N-dealkylation sites (tertiary alicyclic amines) is 1. The van der Waals surface area contributed by atoms with E-state index in [0.29, 0.717) is 13.1 Å². The van der Waals surface area contributed by atoms with Gasteiger partial charge in [-0.1, -0.05) is 0 Å². The van der Waals surface area contributed by atoms with E-state index in [1.165, 1.54) is 24.1 Å². The molecule has 1 aromatic rings. The monoisotopic (exact) mass is 333 g/mol. The lowest BCUT2D eigenvalue weighted by atomic mass is 9.95. The third-order valence-corrected chi connectivity index (χ3v) is 5.06. The van der Waals surface area contributed by atoms with Crippen LogP contribution in [0.1, 0.15) is 42.6 Å². The summed E-state index contributed by atoms with van der Waals surface area (Å²) in [4.78, 5) is 25.4. The zero-order valence-corrected chi connectivity index (χ0v) is 14.1. The Bertz CT molecular complexity index is 598. The topological polar surface area (TPSA) is 104 Å². The quantitative estimate of drug-likeness (QED) is 0.689. The maximum absolute atomic E-state index is 12.4. The average Bonchev–Trinajstić information content (AvgIpc) is 2.98. The van der Waals surface area contributed by atoms with E-state index in [-0.39, 0.29) is 24.3 Å². The molecule has 132 valence electrons. The van der Waals surface area contributed by atoms with Crippen LogP contribution >= 0.6 is 0 Å². The van der Waals surface area contributed by atoms with Crippen LogP contribution in [-0.2, 0) is 28.9 Å². The van der Waals surface area contributed by atoms with Crippen molar-refractivity contribution in [1.29, 1.82) is 0 Å². The third kappa shape index (κ3) is 4.14. The smallest absolute Gasteiger partial charge is 0.231 e. The Hall–Kier alpha value is -1.89. The highest BCUT2D eigenvalue weighted by Gasteiger charge is 2.26. The van der Waals surface area contributed by atoms with Gasteiger partial charge in [-0.15, -0.1) is 0 Å². The molecular formula is C17H27N5O2. The molecule has 7 nitrogen and oxygen atoms in total. The molecule has 0 saturated carbocycles. The highest BCUT2D eigenvalue weighted by atomic mass is 16.2. The lowest BCUT2D eigenvalue weighted by molar-refractivity contribution is -0.128. The molecule has 1 aliphatic carbocycles. The molecule has 7 heteroatoms. The first-order valence-electron chi connectivity index (χ1n) is 8.97. The third-order valence-electron chi connectivity index (χ3n) is 5.06. The minimum atomic E-state index is -0.334. The van der Waals surface area contributed by atoms with E-state index >= 15 is 0 Å². The molecule has 0 radical (unpaired) electrons. The maximum Gasteiger partial charge on any atom is 0.231 e. The van der Waals surface area contributed by atoms with Gasteiger partial charge >= 0.3 is 0 Å². The van der Waals surface area contributed by atoms with Crippen molar-refractivity contribution in [2.45, 2.75) is 44.9 Å². The number of carbonyl (C=O) groups is 2. The van der Waals surface area contributed by atoms with Crippen molar-refractivity contribution in [3.63, 3.8) is 0 Å². The van der Waals surface area contributed by atoms with E-state index in [1.807, 2.05) is 4.90 Å². The van der Waals surface area contributed by atoms with Gasteiger partial charge in [-0.25, -0.2) is 0 Å². The van der Waals surface area contributed by atoms with E-state index in [2.05, 4.69) is 15.5 Å². The van der Waals surface area contributed by atoms with Gasteiger partial charge in [0.05, 0.1) is 18.2 Å². The predicted molar refractivity (Wildman–Crippen MR) is 90.3 cm³/mol. The van der Waals surface area contributed by atoms with Gasteiger partial charge < -0.3 is 11.1 Å². The summed E-state index contributed by atoms with van der Waals surface area (Å²) in [7, 11) is 0. The number of aryl methyl sites for hydroxylation is 1. The molecule has 0 spiro atoms. The number of aromatic amines is 1. The second-order valence-electron chi connectivity index (χ2n) is 6.92. The SMILES string of the molecule is NC(=O)CN1CCCC(C(=O)NCCc2n[nH]c3c2CCCC3)C1. The summed E-state index contributed by atoms with van der Waals surface area (Å²) >= 11 is 0. The molecule has 4 N–H and O–H groups in total. The van der Waals surface area contributed by atoms with Gasteiger partial charge in [-0.2, -0.15) is 5.10 Å². The van der Waals surface area contributed by atoms with Crippen molar-refractivity contribution < 1.29 is 9.59 Å². The summed E-state index contributed by atoms with van der Waals surface area (Å²) in [5, 5.41) is 10.6. The van der Waals surface area contributed by atoms with Gasteiger partial charge in [-0.3, -0.25) is 19.6 Å². The fourth-order valence-corrected chi connectivity index (χ4v) is 3.84. The standard InChI is InChI=1S/C17H27N5O2/c18-16(23)11-22-9-3-4-12(10-22)17(24)19-8-7-15-13-5-1-2-6-14(13)20-21-15/h12H,1-11H2,(H2,18,23)(H,19,24)(H,20,21). The van der Waals surface area contributed by atoms with E-state index in [4.69, 9.17) is 5.73 Å². The zero-order valence-electron chi connectivity index (χ0n) is 14.1. The van der Waals surface area contributed by atoms with Crippen molar-refractivity contribution in [2.75, 3.05) is 26.2 Å². The molecule has 2 aliphatic rings. The summed E-state index contributed by atoms with van der Waals surface area (Å²) in [6.45, 7) is 2.31. The molecule has 1 saturated heterocycles. The van der Waals surface area contributed by atoms with Crippen molar-refractivity contribution in [3.05, 3.63) is 17.0 Å². The van der Waals surface area contributed by atoms with Crippen LogP contribution < -0.4 is 11.1 Å². The normalized spacial score (nSPS) is 21.2. The zero-order chi connectivity index (χ0) is 16.9. The minimum absolute atomic E-state index is 0.0498. The van der Waals surface area contributed by atoms with Gasteiger partial charge in [0.15, 0.2) is 0 Å². The van der Waals surface area contributed by atoms with Crippen molar-refractivity contribution >= 4 is 11.8 Å². The van der Waals surface area contributed by atoms with Crippen LogP contribution in [-0.4, -0.2) is 53.1 Å². The van der Waals surface area contributed by atoms with Gasteiger partial charge in [0.25, 0.3) is 0 Å². The molecule has 1 unspecified atom stereocenters. The molecule has 1 fully saturated rings. The molecule has 2 amide bonds. The van der Waals surface area contributed by atoms with Gasteiger partial charge in [0.1, 0.15) is 0 Å². The number of aromatic nitrogens is 2. The molecule has 2 heterocycles. The number of hydrogen-bond donors (Lipinski definition) is 3. The second kappa shape index (κ2) is 7.79. The number of primary amides is 1. The van der Waals surface area contributed by atoms with Gasteiger partial charge in [0.2, 0.25) is 11.8 Å². The van der Waals surface area contributed by atoms with E-state index in [9.17, 15) is 9.59 Å². The van der Waals surface area contributed by atoms with Crippen LogP contribution in [0.25, 0.3) is 0 Å². The Balaban J connectivity index is 1.45. The molecule has 1 aliphatic heterocycles. The highest BCUT2D eigenvalue weighted by molar-refractivity contribution is 5.79. The Kier molecular flexibility index (Phi) is 5.50. The van der Waals surface area contributed by atoms with Gasteiger partial charge in [-0.05, 0) is 50.6 Å². The Labute approximate surface area is 142 Å². The number of piperidine rings is 1. The number of hydrogen-bond acceptors (Lipinski definition) is 4. The first-order chi connectivity index (χ1) is 11.6. The lowest BCUT2D eigenvalue weighted by Crippen LogP contribution is -2.46. The van der Waals surface area contributed by atoms with E-state index in [0.717, 1.165) is 44.3 Å². The molecule has 0 aromatic carbocycles. The molecule has 1 aromatic heterocycles. The predicted octanol–water partition coefficient (Wildman–Crippen LogP) is 0.145. The van der Waals surface area contributed by atoms with Crippen LogP contribution in [0.5, 0.6) is 0 Å². The molecule has 0 bridgehead atoms. The van der Waals surface area contributed by atoms with Crippen LogP contribution in [0.4, 0.5) is 0 Å². The van der Waals surface area contributed by atoms with Gasteiger partial charge in [0, 0.05) is 25.2 Å². The number of rotatable bonds is 6. The number of nitrogens with one attached hydrogen (secondary N) is 2. The lowest BCUT2D eigenvalue weighted by Gasteiger charge is -2.30. The number of H-pyrrole nitrogens is 1. The van der Waals surface area contributed by atoms with Crippen molar-refractivity contribution in [1.82, 2.24) is 20.4 Å². The van der Waals surface area contributed by atoms with Crippen LogP contribution in [0.15, 0.2) is 0 Å². The number of carbonyl (C=O) groups excluding carboxylic acids is 2. The number of fused-ring (bicyclic) bond motifs is 1. The van der Waals surface area contributed by atoms with E-state index in [1.54, 1.807) is 0 Å². The summed E-state index contributed by atoms with van der Waals surface area (Å²) in [6.07, 6.45) is 7.22. The van der Waals surface area contributed by atoms with Crippen molar-refractivity contribution in [3.8, 4) is 0 Å². The fourth-order valence-electron chi connectivity index (χ4n) is 3.84. The molecule has 3 rings (SSSR count). The summed E-state index contributed by atoms with van der Waals surface area (Å²) in [5.41, 5.74) is 8.98. The summed E-state index contributed by atoms with van der Waals surface area (Å²) < 4.78 is 0. The highest BCUT2D eigenvalue weighted by Crippen LogP contribution is 2.22. The maximum atomic E-state index is 12.4. The Morgan fingerprint density at radius 1 is 1.29 bits per heavy atom. The number of amides is 2. The fraction of sp³-hybridized carbons (Fsp3) is 0.706. The number of nitrogens with zero attached hydrogens (tertiary/aromatic N) is 2. The van der Waals surface area contributed by atoms with Crippen LogP contribution in [0.2, 0.25) is 0 Å². The first kappa shape index (κ1) is 17.0. The summed E-state index contributed by atoms with van der Waals surface area (Å²) in [5.74, 6) is -0.306. The Morgan fingerprint density at radius 3 is 2.96 bits per heavy atom.